The Morgan fingerprint density at radius 2 is 2.05 bits per heavy atom. The molecule has 0 N–H and O–H groups in total. The molecule has 0 saturated carbocycles. The van der Waals surface area contributed by atoms with Crippen LogP contribution in [0.2, 0.25) is 5.02 Å². The first-order valence-electron chi connectivity index (χ1n) is 6.36. The quantitative estimate of drug-likeness (QED) is 0.487. The maximum atomic E-state index is 12.1. The van der Waals surface area contributed by atoms with E-state index < -0.39 is 11.8 Å². The molecule has 1 aliphatic heterocycles. The van der Waals surface area contributed by atoms with Crippen molar-refractivity contribution in [3.05, 3.63) is 22.2 Å². The SMILES string of the molecule is CCOC(=O)C(=O)c1c(Cl)cc2c(c1C)OCCCO2. The summed E-state index contributed by atoms with van der Waals surface area (Å²) in [7, 11) is 0. The maximum absolute atomic E-state index is 12.1. The molecule has 5 nitrogen and oxygen atoms in total. The summed E-state index contributed by atoms with van der Waals surface area (Å²) in [5.74, 6) is -0.748. The van der Waals surface area contributed by atoms with Gasteiger partial charge in [0.2, 0.25) is 0 Å². The first-order valence-corrected chi connectivity index (χ1v) is 6.74. The van der Waals surface area contributed by atoms with Crippen molar-refractivity contribution < 1.29 is 23.8 Å². The van der Waals surface area contributed by atoms with Crippen LogP contribution in [0.1, 0.15) is 29.3 Å². The lowest BCUT2D eigenvalue weighted by Crippen LogP contribution is -2.19. The molecule has 2 rings (SSSR count). The fourth-order valence-electron chi connectivity index (χ4n) is 2.01. The molecular formula is C14H15ClO5. The molecule has 1 aromatic carbocycles. The topological polar surface area (TPSA) is 61.8 Å². The van der Waals surface area contributed by atoms with Crippen molar-refractivity contribution in [2.75, 3.05) is 19.8 Å². The molecule has 0 atom stereocenters. The number of ether oxygens (including phenoxy) is 3. The van der Waals surface area contributed by atoms with E-state index in [0.717, 1.165) is 6.42 Å². The number of hydrogen-bond donors (Lipinski definition) is 0. The fraction of sp³-hybridized carbons (Fsp3) is 0.429. The summed E-state index contributed by atoms with van der Waals surface area (Å²) in [6.07, 6.45) is 0.743. The molecule has 0 bridgehead atoms. The van der Waals surface area contributed by atoms with Crippen molar-refractivity contribution in [2.24, 2.45) is 0 Å². The van der Waals surface area contributed by atoms with Gasteiger partial charge in [-0.05, 0) is 13.8 Å². The lowest BCUT2D eigenvalue weighted by molar-refractivity contribution is -0.137. The highest BCUT2D eigenvalue weighted by atomic mass is 35.5. The van der Waals surface area contributed by atoms with E-state index in [0.29, 0.717) is 30.3 Å². The highest BCUT2D eigenvalue weighted by Crippen LogP contribution is 2.39. The predicted octanol–water partition coefficient (Wildman–Crippen LogP) is 2.56. The highest BCUT2D eigenvalue weighted by molar-refractivity contribution is 6.46. The van der Waals surface area contributed by atoms with Gasteiger partial charge < -0.3 is 14.2 Å². The van der Waals surface area contributed by atoms with Crippen LogP contribution < -0.4 is 9.47 Å². The molecular weight excluding hydrogens is 284 g/mol. The molecule has 6 heteroatoms. The van der Waals surface area contributed by atoms with Crippen LogP contribution in [0.4, 0.5) is 0 Å². The highest BCUT2D eigenvalue weighted by Gasteiger charge is 2.27. The number of fused-ring (bicyclic) bond motifs is 1. The van der Waals surface area contributed by atoms with Gasteiger partial charge in [0, 0.05) is 18.1 Å². The molecule has 0 aliphatic carbocycles. The van der Waals surface area contributed by atoms with E-state index >= 15 is 0 Å². The first kappa shape index (κ1) is 14.7. The van der Waals surface area contributed by atoms with Crippen LogP contribution in [-0.2, 0) is 9.53 Å². The van der Waals surface area contributed by atoms with Crippen molar-refractivity contribution in [2.45, 2.75) is 20.3 Å². The van der Waals surface area contributed by atoms with Gasteiger partial charge in [-0.15, -0.1) is 0 Å². The van der Waals surface area contributed by atoms with Crippen LogP contribution >= 0.6 is 11.6 Å². The molecule has 1 heterocycles. The van der Waals surface area contributed by atoms with Gasteiger partial charge >= 0.3 is 5.97 Å². The molecule has 1 aromatic rings. The van der Waals surface area contributed by atoms with Crippen LogP contribution in [-0.4, -0.2) is 31.6 Å². The van der Waals surface area contributed by atoms with E-state index in [1.54, 1.807) is 13.8 Å². The zero-order valence-corrected chi connectivity index (χ0v) is 12.1. The minimum Gasteiger partial charge on any atom is -0.489 e. The number of ketones is 1. The van der Waals surface area contributed by atoms with Crippen LogP contribution in [0.15, 0.2) is 6.07 Å². The average molecular weight is 299 g/mol. The minimum absolute atomic E-state index is 0.106. The molecule has 0 saturated heterocycles. The maximum Gasteiger partial charge on any atom is 0.379 e. The second kappa shape index (κ2) is 6.13. The van der Waals surface area contributed by atoms with Gasteiger partial charge in [-0.1, -0.05) is 11.6 Å². The van der Waals surface area contributed by atoms with Gasteiger partial charge in [0.15, 0.2) is 11.5 Å². The normalized spacial score (nSPS) is 13.6. The van der Waals surface area contributed by atoms with Crippen LogP contribution in [0.3, 0.4) is 0 Å². The van der Waals surface area contributed by atoms with Crippen LogP contribution in [0.25, 0.3) is 0 Å². The zero-order chi connectivity index (χ0) is 14.7. The summed E-state index contributed by atoms with van der Waals surface area (Å²) in [6, 6.07) is 1.50. The van der Waals surface area contributed by atoms with Crippen LogP contribution in [0, 0.1) is 6.92 Å². The van der Waals surface area contributed by atoms with E-state index in [4.69, 9.17) is 25.8 Å². The Labute approximate surface area is 121 Å². The second-order valence-electron chi connectivity index (χ2n) is 4.29. The summed E-state index contributed by atoms with van der Waals surface area (Å²) in [5, 5.41) is 0.157. The van der Waals surface area contributed by atoms with E-state index in [1.807, 2.05) is 0 Å². The standard InChI is InChI=1S/C14H15ClO5/c1-3-18-14(17)12(16)11-8(2)13-10(7-9(11)15)19-5-4-6-20-13/h7H,3-6H2,1-2H3. The molecule has 0 fully saturated rings. The number of esters is 1. The number of benzene rings is 1. The number of carbonyl (C=O) groups is 2. The summed E-state index contributed by atoms with van der Waals surface area (Å²) >= 11 is 6.09. The van der Waals surface area contributed by atoms with Gasteiger partial charge in [0.05, 0.1) is 30.4 Å². The number of Topliss-reactive ketones (excluding diaryl/α,β-unsaturated/α-hetero) is 1. The summed E-state index contributed by atoms with van der Waals surface area (Å²) < 4.78 is 15.8. The molecule has 0 spiro atoms. The van der Waals surface area contributed by atoms with Crippen LogP contribution in [0.5, 0.6) is 11.5 Å². The monoisotopic (exact) mass is 298 g/mol. The first-order chi connectivity index (χ1) is 9.56. The summed E-state index contributed by atoms with van der Waals surface area (Å²) in [4.78, 5) is 23.7. The van der Waals surface area contributed by atoms with Gasteiger partial charge in [-0.2, -0.15) is 0 Å². The Morgan fingerprint density at radius 3 is 2.75 bits per heavy atom. The van der Waals surface area contributed by atoms with Crippen molar-refractivity contribution in [3.8, 4) is 11.5 Å². The molecule has 0 aromatic heterocycles. The smallest absolute Gasteiger partial charge is 0.379 e. The molecule has 0 radical (unpaired) electrons. The summed E-state index contributed by atoms with van der Waals surface area (Å²) in [5.41, 5.74) is 0.599. The number of hydrogen-bond acceptors (Lipinski definition) is 5. The summed E-state index contributed by atoms with van der Waals surface area (Å²) in [6.45, 7) is 4.45. The zero-order valence-electron chi connectivity index (χ0n) is 11.3. The Hall–Kier alpha value is -1.75. The third-order valence-electron chi connectivity index (χ3n) is 2.92. The number of carbonyl (C=O) groups excluding carboxylic acids is 2. The minimum atomic E-state index is -0.924. The molecule has 0 amide bonds. The van der Waals surface area contributed by atoms with Crippen molar-refractivity contribution in [1.82, 2.24) is 0 Å². The molecule has 1 aliphatic rings. The number of halogens is 1. The Balaban J connectivity index is 2.46. The van der Waals surface area contributed by atoms with Gasteiger partial charge in [-0.25, -0.2) is 4.79 Å². The van der Waals surface area contributed by atoms with Crippen molar-refractivity contribution in [3.63, 3.8) is 0 Å². The predicted molar refractivity (Wildman–Crippen MR) is 72.8 cm³/mol. The van der Waals surface area contributed by atoms with E-state index in [-0.39, 0.29) is 17.2 Å². The third kappa shape index (κ3) is 2.72. The number of rotatable bonds is 3. The lowest BCUT2D eigenvalue weighted by Gasteiger charge is -2.14. The molecule has 0 unspecified atom stereocenters. The lowest BCUT2D eigenvalue weighted by atomic mass is 10.0. The largest absolute Gasteiger partial charge is 0.489 e. The Morgan fingerprint density at radius 1 is 1.35 bits per heavy atom. The average Bonchev–Trinajstić information content (AvgIpc) is 2.64. The Kier molecular flexibility index (Phi) is 4.49. The van der Waals surface area contributed by atoms with Gasteiger partial charge in [-0.3, -0.25) is 4.79 Å². The fourth-order valence-corrected chi connectivity index (χ4v) is 2.34. The van der Waals surface area contributed by atoms with Gasteiger partial charge in [0.1, 0.15) is 0 Å². The second-order valence-corrected chi connectivity index (χ2v) is 4.69. The van der Waals surface area contributed by atoms with Gasteiger partial charge in [0.25, 0.3) is 5.78 Å². The van der Waals surface area contributed by atoms with E-state index in [2.05, 4.69) is 0 Å². The third-order valence-corrected chi connectivity index (χ3v) is 3.21. The van der Waals surface area contributed by atoms with E-state index in [9.17, 15) is 9.59 Å². The molecule has 20 heavy (non-hydrogen) atoms. The van der Waals surface area contributed by atoms with E-state index in [1.165, 1.54) is 6.07 Å². The van der Waals surface area contributed by atoms with Crippen molar-refractivity contribution >= 4 is 23.4 Å². The van der Waals surface area contributed by atoms with Crippen molar-refractivity contribution in [1.29, 1.82) is 0 Å². The Bertz CT molecular complexity index is 553. The molecule has 108 valence electrons.